The van der Waals surface area contributed by atoms with Crippen molar-refractivity contribution in [2.24, 2.45) is 0 Å². The maximum Gasteiger partial charge on any atom is 0.274 e. The highest BCUT2D eigenvalue weighted by molar-refractivity contribution is 5.93. The molecular formula is C16H24N4O4. The van der Waals surface area contributed by atoms with Gasteiger partial charge >= 0.3 is 0 Å². The first kappa shape index (κ1) is 18.3. The van der Waals surface area contributed by atoms with Crippen LogP contribution in [0.15, 0.2) is 12.4 Å². The minimum absolute atomic E-state index is 0.127. The Balaban J connectivity index is 2.21. The van der Waals surface area contributed by atoms with Gasteiger partial charge in [-0.15, -0.1) is 0 Å². The summed E-state index contributed by atoms with van der Waals surface area (Å²) >= 11 is 0. The van der Waals surface area contributed by atoms with Crippen LogP contribution in [0.2, 0.25) is 0 Å². The highest BCUT2D eigenvalue weighted by Crippen LogP contribution is 2.24. The van der Waals surface area contributed by atoms with Crippen LogP contribution in [-0.2, 0) is 20.7 Å². The van der Waals surface area contributed by atoms with Crippen molar-refractivity contribution in [1.82, 2.24) is 20.2 Å². The van der Waals surface area contributed by atoms with Gasteiger partial charge in [0.15, 0.2) is 0 Å². The number of aryl methyl sites for hydroxylation is 1. The van der Waals surface area contributed by atoms with Gasteiger partial charge in [0.1, 0.15) is 11.3 Å². The second-order valence-corrected chi connectivity index (χ2v) is 5.75. The van der Waals surface area contributed by atoms with Crippen LogP contribution >= 0.6 is 0 Å². The first-order valence-corrected chi connectivity index (χ1v) is 7.98. The predicted molar refractivity (Wildman–Crippen MR) is 86.6 cm³/mol. The van der Waals surface area contributed by atoms with E-state index in [2.05, 4.69) is 15.3 Å². The molecule has 0 bridgehead atoms. The van der Waals surface area contributed by atoms with E-state index in [1.165, 1.54) is 6.20 Å². The molecule has 1 aliphatic heterocycles. The number of aromatic nitrogens is 2. The number of carbonyl (C=O) groups is 2. The van der Waals surface area contributed by atoms with E-state index in [0.717, 1.165) is 0 Å². The zero-order valence-electron chi connectivity index (χ0n) is 14.4. The van der Waals surface area contributed by atoms with E-state index in [-0.39, 0.29) is 31.4 Å². The number of methoxy groups -OCH3 is 1. The lowest BCUT2D eigenvalue weighted by atomic mass is 9.97. The van der Waals surface area contributed by atoms with Gasteiger partial charge in [-0.3, -0.25) is 14.6 Å². The fourth-order valence-corrected chi connectivity index (χ4v) is 2.86. The van der Waals surface area contributed by atoms with Gasteiger partial charge in [0, 0.05) is 33.1 Å². The van der Waals surface area contributed by atoms with Crippen molar-refractivity contribution < 1.29 is 19.1 Å². The summed E-state index contributed by atoms with van der Waals surface area (Å²) < 4.78 is 11.1. The van der Waals surface area contributed by atoms with E-state index in [0.29, 0.717) is 31.0 Å². The molecule has 132 valence electrons. The van der Waals surface area contributed by atoms with E-state index in [1.807, 2.05) is 6.92 Å². The number of morpholine rings is 1. The summed E-state index contributed by atoms with van der Waals surface area (Å²) in [6.07, 6.45) is 3.85. The normalized spacial score (nSPS) is 20.7. The summed E-state index contributed by atoms with van der Waals surface area (Å²) in [5, 5.41) is 2.59. The van der Waals surface area contributed by atoms with Gasteiger partial charge in [-0.25, -0.2) is 4.98 Å². The highest BCUT2D eigenvalue weighted by atomic mass is 16.5. The van der Waals surface area contributed by atoms with Crippen LogP contribution in [0, 0.1) is 0 Å². The van der Waals surface area contributed by atoms with Crippen molar-refractivity contribution in [1.29, 1.82) is 0 Å². The Morgan fingerprint density at radius 2 is 2.17 bits per heavy atom. The first-order valence-electron chi connectivity index (χ1n) is 7.98. The quantitative estimate of drug-likeness (QED) is 0.788. The molecule has 1 fully saturated rings. The van der Waals surface area contributed by atoms with Gasteiger partial charge < -0.3 is 19.7 Å². The lowest BCUT2D eigenvalue weighted by Crippen LogP contribution is -2.57. The molecule has 0 saturated carbocycles. The Kier molecular flexibility index (Phi) is 6.22. The number of hydrogen-bond acceptors (Lipinski definition) is 6. The van der Waals surface area contributed by atoms with Gasteiger partial charge in [0.05, 0.1) is 31.9 Å². The lowest BCUT2D eigenvalue weighted by molar-refractivity contribution is -0.150. The van der Waals surface area contributed by atoms with Crippen LogP contribution in [0.1, 0.15) is 29.5 Å². The first-order chi connectivity index (χ1) is 11.5. The zero-order valence-corrected chi connectivity index (χ0v) is 14.4. The van der Waals surface area contributed by atoms with Crippen LogP contribution in [0.4, 0.5) is 0 Å². The molecule has 1 N–H and O–H groups in total. The molecule has 1 saturated heterocycles. The molecule has 1 aliphatic rings. The monoisotopic (exact) mass is 336 g/mol. The molecule has 2 rings (SSSR count). The average Bonchev–Trinajstić information content (AvgIpc) is 2.61. The minimum atomic E-state index is -0.850. The molecule has 1 aromatic rings. The molecule has 2 heterocycles. The molecule has 1 unspecified atom stereocenters. The minimum Gasteiger partial charge on any atom is -0.382 e. The van der Waals surface area contributed by atoms with Gasteiger partial charge in [0.25, 0.3) is 5.91 Å². The van der Waals surface area contributed by atoms with Crippen LogP contribution < -0.4 is 5.32 Å². The Labute approximate surface area is 141 Å². The van der Waals surface area contributed by atoms with Crippen LogP contribution in [0.25, 0.3) is 0 Å². The number of nitrogens with zero attached hydrogens (tertiary/aromatic N) is 3. The summed E-state index contributed by atoms with van der Waals surface area (Å²) in [7, 11) is 3.12. The lowest BCUT2D eigenvalue weighted by Gasteiger charge is -2.42. The predicted octanol–water partition coefficient (Wildman–Crippen LogP) is 0.0327. The molecule has 8 heteroatoms. The van der Waals surface area contributed by atoms with Gasteiger partial charge in [-0.05, 0) is 6.42 Å². The van der Waals surface area contributed by atoms with Crippen LogP contribution in [0.3, 0.4) is 0 Å². The Hall–Kier alpha value is -2.06. The molecule has 1 aromatic heterocycles. The molecular weight excluding hydrogens is 312 g/mol. The number of nitrogens with one attached hydrogen (secondary N) is 1. The maximum absolute atomic E-state index is 12.9. The smallest absolute Gasteiger partial charge is 0.274 e. The van der Waals surface area contributed by atoms with Crippen molar-refractivity contribution in [2.75, 3.05) is 40.5 Å². The Morgan fingerprint density at radius 3 is 2.83 bits per heavy atom. The summed E-state index contributed by atoms with van der Waals surface area (Å²) in [6.45, 7) is 3.21. The number of amides is 2. The highest BCUT2D eigenvalue weighted by Gasteiger charge is 2.41. The molecule has 0 radical (unpaired) electrons. The molecule has 0 aromatic carbocycles. The third-order valence-corrected chi connectivity index (χ3v) is 4.02. The fourth-order valence-electron chi connectivity index (χ4n) is 2.86. The SMILES string of the molecule is CCc1nccnc1C(=O)N1CCOC(COC)(CC(=O)NC)C1. The molecule has 24 heavy (non-hydrogen) atoms. The molecule has 1 atom stereocenters. The number of hydrogen-bond donors (Lipinski definition) is 1. The zero-order chi connectivity index (χ0) is 17.6. The van der Waals surface area contributed by atoms with E-state index in [4.69, 9.17) is 9.47 Å². The third kappa shape index (κ3) is 4.07. The topological polar surface area (TPSA) is 93.7 Å². The molecule has 0 aliphatic carbocycles. The van der Waals surface area contributed by atoms with Crippen LogP contribution in [0.5, 0.6) is 0 Å². The summed E-state index contributed by atoms with van der Waals surface area (Å²) in [6, 6.07) is 0. The van der Waals surface area contributed by atoms with E-state index < -0.39 is 5.60 Å². The Morgan fingerprint density at radius 1 is 1.42 bits per heavy atom. The van der Waals surface area contributed by atoms with Crippen molar-refractivity contribution in [3.8, 4) is 0 Å². The molecule has 2 amide bonds. The molecule has 0 spiro atoms. The second kappa shape index (κ2) is 8.16. The summed E-state index contributed by atoms with van der Waals surface area (Å²) in [5.41, 5.74) is 0.169. The van der Waals surface area contributed by atoms with Crippen molar-refractivity contribution in [3.63, 3.8) is 0 Å². The largest absolute Gasteiger partial charge is 0.382 e. The Bertz CT molecular complexity index is 591. The number of ether oxygens (including phenoxy) is 2. The van der Waals surface area contributed by atoms with E-state index in [9.17, 15) is 9.59 Å². The van der Waals surface area contributed by atoms with Gasteiger partial charge in [-0.2, -0.15) is 0 Å². The van der Waals surface area contributed by atoms with Gasteiger partial charge in [-0.1, -0.05) is 6.92 Å². The van der Waals surface area contributed by atoms with Crippen LogP contribution in [-0.4, -0.2) is 72.7 Å². The number of carbonyl (C=O) groups excluding carboxylic acids is 2. The van der Waals surface area contributed by atoms with Gasteiger partial charge in [0.2, 0.25) is 5.91 Å². The van der Waals surface area contributed by atoms with Crippen molar-refractivity contribution >= 4 is 11.8 Å². The summed E-state index contributed by atoms with van der Waals surface area (Å²) in [5.74, 6) is -0.351. The standard InChI is InChI=1S/C16H24N4O4/c1-4-12-14(19-6-5-18-12)15(22)20-7-8-24-16(10-20,11-23-3)9-13(21)17-2/h5-6H,4,7-11H2,1-3H3,(H,17,21). The van der Waals surface area contributed by atoms with E-state index >= 15 is 0 Å². The average molecular weight is 336 g/mol. The number of rotatable bonds is 6. The van der Waals surface area contributed by atoms with Crippen molar-refractivity contribution in [3.05, 3.63) is 23.8 Å². The molecule has 8 nitrogen and oxygen atoms in total. The fraction of sp³-hybridized carbons (Fsp3) is 0.625. The maximum atomic E-state index is 12.9. The van der Waals surface area contributed by atoms with Crippen molar-refractivity contribution in [2.45, 2.75) is 25.4 Å². The third-order valence-electron chi connectivity index (χ3n) is 4.02. The second-order valence-electron chi connectivity index (χ2n) is 5.75. The van der Waals surface area contributed by atoms with E-state index in [1.54, 1.807) is 25.3 Å². The summed E-state index contributed by atoms with van der Waals surface area (Å²) in [4.78, 5) is 34.8.